The van der Waals surface area contributed by atoms with Gasteiger partial charge in [-0.15, -0.1) is 0 Å². The molecule has 0 aliphatic carbocycles. The zero-order valence-corrected chi connectivity index (χ0v) is 14.6. The van der Waals surface area contributed by atoms with Gasteiger partial charge in [-0.2, -0.15) is 9.97 Å². The molecule has 0 bridgehead atoms. The van der Waals surface area contributed by atoms with E-state index in [0.29, 0.717) is 28.8 Å². The molecule has 1 saturated heterocycles. The number of nitrogen functional groups attached to an aromatic ring is 1. The summed E-state index contributed by atoms with van der Waals surface area (Å²) < 4.78 is 13.1. The van der Waals surface area contributed by atoms with E-state index in [1.165, 1.54) is 12.1 Å². The van der Waals surface area contributed by atoms with Gasteiger partial charge in [-0.3, -0.25) is 0 Å². The van der Waals surface area contributed by atoms with E-state index in [0.717, 1.165) is 37.2 Å². The molecule has 2 aromatic heterocycles. The van der Waals surface area contributed by atoms with Crippen LogP contribution in [0.1, 0.15) is 12.8 Å². The van der Waals surface area contributed by atoms with Gasteiger partial charge in [0.25, 0.3) is 0 Å². The Morgan fingerprint density at radius 2 is 1.77 bits per heavy atom. The molecule has 0 spiro atoms. The molecule has 134 valence electrons. The summed E-state index contributed by atoms with van der Waals surface area (Å²) in [5, 5.41) is 4.10. The number of hydrogen-bond donors (Lipinski definition) is 2. The monoisotopic (exact) mass is 352 g/mol. The van der Waals surface area contributed by atoms with Crippen molar-refractivity contribution in [2.24, 2.45) is 0 Å². The number of anilines is 2. The fourth-order valence-corrected chi connectivity index (χ4v) is 3.21. The highest BCUT2D eigenvalue weighted by molar-refractivity contribution is 5.88. The summed E-state index contributed by atoms with van der Waals surface area (Å²) >= 11 is 0. The molecular weight excluding hydrogens is 331 g/mol. The zero-order chi connectivity index (χ0) is 18.1. The van der Waals surface area contributed by atoms with Crippen LogP contribution in [0, 0.1) is 5.82 Å². The second kappa shape index (κ2) is 6.84. The molecule has 7 heteroatoms. The molecule has 3 N–H and O–H groups in total. The van der Waals surface area contributed by atoms with E-state index >= 15 is 0 Å². The van der Waals surface area contributed by atoms with Gasteiger partial charge in [0, 0.05) is 11.6 Å². The van der Waals surface area contributed by atoms with Crippen LogP contribution in [-0.2, 0) is 0 Å². The first-order valence-corrected chi connectivity index (χ1v) is 8.74. The van der Waals surface area contributed by atoms with Crippen LogP contribution in [0.15, 0.2) is 36.4 Å². The summed E-state index contributed by atoms with van der Waals surface area (Å²) in [5.74, 6) is 0.641. The Kier molecular flexibility index (Phi) is 4.38. The molecule has 3 heterocycles. The van der Waals surface area contributed by atoms with Crippen molar-refractivity contribution in [1.29, 1.82) is 0 Å². The van der Waals surface area contributed by atoms with Crippen LogP contribution in [0.2, 0.25) is 0 Å². The normalized spacial score (nSPS) is 16.1. The molecule has 0 unspecified atom stereocenters. The summed E-state index contributed by atoms with van der Waals surface area (Å²) in [6, 6.07) is 10.3. The molecule has 4 rings (SSSR count). The summed E-state index contributed by atoms with van der Waals surface area (Å²) in [7, 11) is 2.13. The highest BCUT2D eigenvalue weighted by Gasteiger charge is 2.18. The second-order valence-electron chi connectivity index (χ2n) is 6.73. The van der Waals surface area contributed by atoms with Crippen LogP contribution in [0.4, 0.5) is 16.2 Å². The molecule has 0 amide bonds. The maximum atomic E-state index is 13.1. The highest BCUT2D eigenvalue weighted by Crippen LogP contribution is 2.24. The predicted molar refractivity (Wildman–Crippen MR) is 101 cm³/mol. The number of rotatable bonds is 3. The van der Waals surface area contributed by atoms with Gasteiger partial charge in [-0.1, -0.05) is 0 Å². The van der Waals surface area contributed by atoms with Crippen molar-refractivity contribution in [3.8, 4) is 11.3 Å². The average molecular weight is 352 g/mol. The van der Waals surface area contributed by atoms with Crippen LogP contribution < -0.4 is 11.1 Å². The first kappa shape index (κ1) is 16.7. The van der Waals surface area contributed by atoms with Crippen LogP contribution in [0.5, 0.6) is 0 Å². The number of hydrogen-bond acceptors (Lipinski definition) is 6. The minimum atomic E-state index is -0.272. The van der Waals surface area contributed by atoms with Gasteiger partial charge in [-0.05, 0) is 69.4 Å². The number of nitrogens with two attached hydrogens (primary N) is 1. The van der Waals surface area contributed by atoms with Gasteiger partial charge >= 0.3 is 0 Å². The summed E-state index contributed by atoms with van der Waals surface area (Å²) in [6.45, 7) is 2.10. The number of likely N-dealkylation sites (tertiary alicyclic amines) is 1. The van der Waals surface area contributed by atoms with Crippen molar-refractivity contribution in [2.75, 3.05) is 31.2 Å². The Morgan fingerprint density at radius 3 is 2.50 bits per heavy atom. The zero-order valence-electron chi connectivity index (χ0n) is 14.6. The molecule has 6 nitrogen and oxygen atoms in total. The summed E-state index contributed by atoms with van der Waals surface area (Å²) in [4.78, 5) is 15.8. The first-order chi connectivity index (χ1) is 12.6. The number of piperidine rings is 1. The first-order valence-electron chi connectivity index (χ1n) is 8.74. The van der Waals surface area contributed by atoms with E-state index < -0.39 is 0 Å². The number of benzene rings is 1. The Hall–Kier alpha value is -2.80. The van der Waals surface area contributed by atoms with Crippen molar-refractivity contribution in [3.63, 3.8) is 0 Å². The molecule has 0 saturated carbocycles. The maximum absolute atomic E-state index is 13.1. The molecule has 26 heavy (non-hydrogen) atoms. The van der Waals surface area contributed by atoms with E-state index in [1.807, 2.05) is 12.1 Å². The Balaban J connectivity index is 1.64. The van der Waals surface area contributed by atoms with E-state index in [9.17, 15) is 4.39 Å². The van der Waals surface area contributed by atoms with Crippen LogP contribution in [0.3, 0.4) is 0 Å². The fraction of sp³-hybridized carbons (Fsp3) is 0.316. The number of fused-ring (bicyclic) bond motifs is 1. The lowest BCUT2D eigenvalue weighted by molar-refractivity contribution is 0.263. The standard InChI is InChI=1S/C19H21FN6/c1-26-10-8-14(9-11-26)22-19-24-17(21)15-6-7-16(23-18(15)25-19)12-2-4-13(20)5-3-12/h2-7,14H,8-11H2,1H3,(H3,21,22,23,24,25). The van der Waals surface area contributed by atoms with E-state index in [2.05, 4.69) is 32.2 Å². The topological polar surface area (TPSA) is 80.0 Å². The number of aromatic nitrogens is 3. The van der Waals surface area contributed by atoms with Crippen molar-refractivity contribution >= 4 is 22.8 Å². The Morgan fingerprint density at radius 1 is 1.04 bits per heavy atom. The smallest absolute Gasteiger partial charge is 0.226 e. The SMILES string of the molecule is CN1CCC(Nc2nc(N)c3ccc(-c4ccc(F)cc4)nc3n2)CC1. The van der Waals surface area contributed by atoms with Crippen molar-refractivity contribution < 1.29 is 4.39 Å². The maximum Gasteiger partial charge on any atom is 0.226 e. The van der Waals surface area contributed by atoms with Gasteiger partial charge in [0.05, 0.1) is 11.1 Å². The van der Waals surface area contributed by atoms with E-state index in [-0.39, 0.29) is 5.82 Å². The van der Waals surface area contributed by atoms with Crippen molar-refractivity contribution in [3.05, 3.63) is 42.2 Å². The third-order valence-electron chi connectivity index (χ3n) is 4.78. The van der Waals surface area contributed by atoms with Crippen LogP contribution >= 0.6 is 0 Å². The minimum absolute atomic E-state index is 0.272. The van der Waals surface area contributed by atoms with Crippen molar-refractivity contribution in [2.45, 2.75) is 18.9 Å². The van der Waals surface area contributed by atoms with Crippen LogP contribution in [-0.4, -0.2) is 46.0 Å². The summed E-state index contributed by atoms with van der Waals surface area (Å²) in [6.07, 6.45) is 2.09. The summed E-state index contributed by atoms with van der Waals surface area (Å²) in [5.41, 5.74) is 8.19. The van der Waals surface area contributed by atoms with E-state index in [4.69, 9.17) is 5.73 Å². The predicted octanol–water partition coefficient (Wildman–Crippen LogP) is 2.92. The van der Waals surface area contributed by atoms with Crippen molar-refractivity contribution in [1.82, 2.24) is 19.9 Å². The minimum Gasteiger partial charge on any atom is -0.383 e. The quantitative estimate of drug-likeness (QED) is 0.754. The number of nitrogens with one attached hydrogen (secondary N) is 1. The van der Waals surface area contributed by atoms with Gasteiger partial charge in [0.2, 0.25) is 5.95 Å². The molecule has 1 aliphatic heterocycles. The van der Waals surface area contributed by atoms with Gasteiger partial charge in [-0.25, -0.2) is 9.37 Å². The molecule has 1 aromatic carbocycles. The lowest BCUT2D eigenvalue weighted by Crippen LogP contribution is -2.37. The molecule has 3 aromatic rings. The lowest BCUT2D eigenvalue weighted by atomic mass is 10.1. The van der Waals surface area contributed by atoms with Gasteiger partial charge < -0.3 is 16.0 Å². The Bertz CT molecular complexity index is 919. The third-order valence-corrected chi connectivity index (χ3v) is 4.78. The fourth-order valence-electron chi connectivity index (χ4n) is 3.21. The number of pyridine rings is 1. The van der Waals surface area contributed by atoms with Crippen LogP contribution in [0.25, 0.3) is 22.3 Å². The second-order valence-corrected chi connectivity index (χ2v) is 6.73. The average Bonchev–Trinajstić information content (AvgIpc) is 2.64. The molecular formula is C19H21FN6. The van der Waals surface area contributed by atoms with E-state index in [1.54, 1.807) is 12.1 Å². The number of nitrogens with zero attached hydrogens (tertiary/aromatic N) is 4. The molecule has 0 atom stereocenters. The Labute approximate surface area is 151 Å². The van der Waals surface area contributed by atoms with Gasteiger partial charge in [0.1, 0.15) is 11.6 Å². The number of halogens is 1. The van der Waals surface area contributed by atoms with Gasteiger partial charge in [0.15, 0.2) is 5.65 Å². The molecule has 1 aliphatic rings. The third kappa shape index (κ3) is 3.43. The molecule has 0 radical (unpaired) electrons. The lowest BCUT2D eigenvalue weighted by Gasteiger charge is -2.29. The largest absolute Gasteiger partial charge is 0.383 e. The highest BCUT2D eigenvalue weighted by atomic mass is 19.1. The molecule has 1 fully saturated rings.